The second-order valence-corrected chi connectivity index (χ2v) is 9.11. The number of ether oxygens (including phenoxy) is 1. The van der Waals surface area contributed by atoms with E-state index in [0.29, 0.717) is 18.5 Å². The highest BCUT2D eigenvalue weighted by molar-refractivity contribution is 7.18. The van der Waals surface area contributed by atoms with Gasteiger partial charge in [0.25, 0.3) is 5.56 Å². The predicted molar refractivity (Wildman–Crippen MR) is 116 cm³/mol. The van der Waals surface area contributed by atoms with E-state index in [2.05, 4.69) is 15.2 Å². The van der Waals surface area contributed by atoms with Gasteiger partial charge in [-0.05, 0) is 39.2 Å². The van der Waals surface area contributed by atoms with Gasteiger partial charge in [0.1, 0.15) is 4.83 Å². The Labute approximate surface area is 173 Å². The van der Waals surface area contributed by atoms with Gasteiger partial charge in [-0.2, -0.15) is 0 Å². The Morgan fingerprint density at radius 2 is 2.14 bits per heavy atom. The largest absolute Gasteiger partial charge is 0.376 e. The first-order chi connectivity index (χ1) is 13.9. The minimum atomic E-state index is -0.237. The average molecular weight is 420 g/mol. The van der Waals surface area contributed by atoms with Crippen molar-refractivity contribution in [1.29, 1.82) is 0 Å². The zero-order valence-corrected chi connectivity index (χ0v) is 18.3. The van der Waals surface area contributed by atoms with E-state index in [1.54, 1.807) is 23.0 Å². The van der Waals surface area contributed by atoms with Gasteiger partial charge in [-0.25, -0.2) is 4.79 Å². The van der Waals surface area contributed by atoms with Crippen molar-refractivity contribution in [1.82, 2.24) is 19.4 Å². The lowest BCUT2D eigenvalue weighted by Gasteiger charge is -2.17. The van der Waals surface area contributed by atoms with Crippen LogP contribution in [-0.4, -0.2) is 52.8 Å². The molecule has 1 atom stereocenters. The smallest absolute Gasteiger partial charge is 0.332 e. The van der Waals surface area contributed by atoms with Crippen LogP contribution in [0.3, 0.4) is 0 Å². The van der Waals surface area contributed by atoms with Crippen LogP contribution in [0.2, 0.25) is 0 Å². The van der Waals surface area contributed by atoms with E-state index in [1.807, 2.05) is 20.8 Å². The third-order valence-corrected chi connectivity index (χ3v) is 7.08. The first kappa shape index (κ1) is 20.2. The van der Waals surface area contributed by atoms with E-state index >= 15 is 0 Å². The Bertz CT molecular complexity index is 1060. The number of aryl methyl sites for hydroxylation is 1. The van der Waals surface area contributed by atoms with E-state index in [9.17, 15) is 9.59 Å². The molecule has 8 nitrogen and oxygen atoms in total. The van der Waals surface area contributed by atoms with Gasteiger partial charge in [0.15, 0.2) is 5.96 Å². The van der Waals surface area contributed by atoms with Crippen LogP contribution in [0.25, 0.3) is 10.2 Å². The van der Waals surface area contributed by atoms with Crippen LogP contribution in [0.5, 0.6) is 0 Å². The van der Waals surface area contributed by atoms with Crippen LogP contribution in [0.15, 0.2) is 14.6 Å². The number of nitrogens with zero attached hydrogens (tertiary/aromatic N) is 4. The summed E-state index contributed by atoms with van der Waals surface area (Å²) >= 11 is 1.55. The fourth-order valence-corrected chi connectivity index (χ4v) is 5.55. The van der Waals surface area contributed by atoms with Crippen LogP contribution < -0.4 is 16.6 Å². The summed E-state index contributed by atoms with van der Waals surface area (Å²) in [7, 11) is 1.78. The molecule has 4 rings (SSSR count). The molecule has 0 amide bonds. The molecule has 158 valence electrons. The first-order valence-electron chi connectivity index (χ1n) is 10.3. The average Bonchev–Trinajstić information content (AvgIpc) is 3.40. The van der Waals surface area contributed by atoms with Gasteiger partial charge in [-0.15, -0.1) is 11.3 Å². The molecule has 29 heavy (non-hydrogen) atoms. The molecule has 0 spiro atoms. The van der Waals surface area contributed by atoms with Crippen molar-refractivity contribution in [3.8, 4) is 0 Å². The molecule has 9 heteroatoms. The number of nitrogens with one attached hydrogen (secondary N) is 1. The summed E-state index contributed by atoms with van der Waals surface area (Å²) in [5.74, 6) is 0.873. The number of aromatic nitrogens is 2. The summed E-state index contributed by atoms with van der Waals surface area (Å²) in [6.07, 6.45) is 1.99. The number of guanidine groups is 1. The van der Waals surface area contributed by atoms with Crippen LogP contribution >= 0.6 is 11.3 Å². The lowest BCUT2D eigenvalue weighted by Crippen LogP contribution is -2.42. The molecule has 0 aliphatic carbocycles. The Morgan fingerprint density at radius 3 is 2.79 bits per heavy atom. The van der Waals surface area contributed by atoms with E-state index in [0.717, 1.165) is 53.8 Å². The maximum Gasteiger partial charge on any atom is 0.332 e. The first-order valence-corrected chi connectivity index (χ1v) is 11.1. The summed E-state index contributed by atoms with van der Waals surface area (Å²) < 4.78 is 8.94. The maximum absolute atomic E-state index is 13.2. The lowest BCUT2D eigenvalue weighted by atomic mass is 10.2. The zero-order chi connectivity index (χ0) is 20.7. The maximum atomic E-state index is 13.2. The van der Waals surface area contributed by atoms with Crippen LogP contribution in [0, 0.1) is 6.92 Å². The van der Waals surface area contributed by atoms with Crippen molar-refractivity contribution in [3.05, 3.63) is 31.3 Å². The minimum absolute atomic E-state index is 0.0291. The molecule has 1 unspecified atom stereocenters. The second kappa shape index (κ2) is 7.95. The van der Waals surface area contributed by atoms with Crippen LogP contribution in [0.1, 0.15) is 43.2 Å². The van der Waals surface area contributed by atoms with Crippen molar-refractivity contribution in [2.75, 3.05) is 26.7 Å². The topological polar surface area (TPSA) is 80.9 Å². The van der Waals surface area contributed by atoms with Crippen molar-refractivity contribution in [2.24, 2.45) is 4.99 Å². The number of hydrogen-bond acceptors (Lipinski definition) is 5. The molecule has 0 bridgehead atoms. The van der Waals surface area contributed by atoms with Gasteiger partial charge in [-0.1, -0.05) is 0 Å². The molecular formula is C20H29N5O3S. The molecule has 0 saturated carbocycles. The molecule has 2 aromatic heterocycles. The summed E-state index contributed by atoms with van der Waals surface area (Å²) in [6.45, 7) is 9.41. The summed E-state index contributed by atoms with van der Waals surface area (Å²) in [5, 5.41) is 3.94. The van der Waals surface area contributed by atoms with E-state index < -0.39 is 0 Å². The van der Waals surface area contributed by atoms with Gasteiger partial charge < -0.3 is 15.0 Å². The SMILES string of the molecule is C/N=C1\NCCN1Cc1sc2c(c1C)c(=O)n(C(C)C)c(=O)n2CC1CCCO1. The molecule has 0 aromatic carbocycles. The molecular weight excluding hydrogens is 390 g/mol. The number of fused-ring (bicyclic) bond motifs is 1. The van der Waals surface area contributed by atoms with Gasteiger partial charge in [0.2, 0.25) is 0 Å². The van der Waals surface area contributed by atoms with Crippen LogP contribution in [-0.2, 0) is 17.8 Å². The normalized spacial score (nSPS) is 21.1. The Balaban J connectivity index is 1.86. The number of hydrogen-bond donors (Lipinski definition) is 1. The molecule has 4 heterocycles. The number of aliphatic imine (C=N–C) groups is 1. The Kier molecular flexibility index (Phi) is 5.52. The van der Waals surface area contributed by atoms with Crippen molar-refractivity contribution in [3.63, 3.8) is 0 Å². The third-order valence-electron chi connectivity index (χ3n) is 5.78. The van der Waals surface area contributed by atoms with E-state index in [4.69, 9.17) is 4.74 Å². The highest BCUT2D eigenvalue weighted by Gasteiger charge is 2.26. The summed E-state index contributed by atoms with van der Waals surface area (Å²) in [6, 6.07) is -0.195. The monoisotopic (exact) mass is 419 g/mol. The predicted octanol–water partition coefficient (Wildman–Crippen LogP) is 1.68. The molecule has 0 radical (unpaired) electrons. The zero-order valence-electron chi connectivity index (χ0n) is 17.5. The van der Waals surface area contributed by atoms with Crippen molar-refractivity contribution < 1.29 is 4.74 Å². The van der Waals surface area contributed by atoms with Gasteiger partial charge in [-0.3, -0.25) is 18.9 Å². The number of thiophene rings is 1. The highest BCUT2D eigenvalue weighted by atomic mass is 32.1. The Morgan fingerprint density at radius 1 is 1.34 bits per heavy atom. The third kappa shape index (κ3) is 3.50. The highest BCUT2D eigenvalue weighted by Crippen LogP contribution is 2.30. The van der Waals surface area contributed by atoms with Gasteiger partial charge in [0.05, 0.1) is 24.6 Å². The fourth-order valence-electron chi connectivity index (χ4n) is 4.24. The summed E-state index contributed by atoms with van der Waals surface area (Å²) in [4.78, 5) is 34.8. The van der Waals surface area contributed by atoms with Crippen molar-refractivity contribution >= 4 is 27.5 Å². The molecule has 2 aliphatic heterocycles. The van der Waals surface area contributed by atoms with E-state index in [-0.39, 0.29) is 23.4 Å². The number of rotatable bonds is 5. The molecule has 2 fully saturated rings. The Hall–Kier alpha value is -2.13. The summed E-state index contributed by atoms with van der Waals surface area (Å²) in [5.41, 5.74) is 0.541. The molecule has 2 saturated heterocycles. The standard InChI is InChI=1S/C20H29N5O3S/c1-12(2)25-17(26)16-13(3)15(11-23-8-7-22-19(23)21-4)29-18(16)24(20(25)27)10-14-6-5-9-28-14/h12,14H,5-11H2,1-4H3,(H,21,22). The molecule has 2 aromatic rings. The molecule has 2 aliphatic rings. The van der Waals surface area contributed by atoms with E-state index in [1.165, 1.54) is 4.57 Å². The van der Waals surface area contributed by atoms with Crippen molar-refractivity contribution in [2.45, 2.75) is 58.8 Å². The van der Waals surface area contributed by atoms with Gasteiger partial charge >= 0.3 is 5.69 Å². The fraction of sp³-hybridized carbons (Fsp3) is 0.650. The quantitative estimate of drug-likeness (QED) is 0.798. The lowest BCUT2D eigenvalue weighted by molar-refractivity contribution is 0.0965. The van der Waals surface area contributed by atoms with Gasteiger partial charge in [0, 0.05) is 37.7 Å². The second-order valence-electron chi connectivity index (χ2n) is 8.02. The minimum Gasteiger partial charge on any atom is -0.376 e. The molecule has 1 N–H and O–H groups in total. The van der Waals surface area contributed by atoms with Crippen LogP contribution in [0.4, 0.5) is 0 Å².